The average Bonchev–Trinajstić information content (AvgIpc) is 3.01. The lowest BCUT2D eigenvalue weighted by molar-refractivity contribution is 0.576. The fraction of sp³-hybridized carbons (Fsp3) is 0.533. The van der Waals surface area contributed by atoms with E-state index in [0.717, 1.165) is 17.2 Å². The first-order chi connectivity index (χ1) is 9.22. The second-order valence-corrected chi connectivity index (χ2v) is 7.50. The summed E-state index contributed by atoms with van der Waals surface area (Å²) in [6.45, 7) is 5.19. The van der Waals surface area contributed by atoms with Crippen LogP contribution in [0.4, 0.5) is 0 Å². The minimum Gasteiger partial charge on any atom is -0.304 e. The Balaban J connectivity index is 1.63. The molecule has 0 aliphatic heterocycles. The van der Waals surface area contributed by atoms with Crippen molar-refractivity contribution in [3.8, 4) is 0 Å². The van der Waals surface area contributed by atoms with Gasteiger partial charge in [0, 0.05) is 27.7 Å². The van der Waals surface area contributed by atoms with Crippen LogP contribution in [0.15, 0.2) is 11.4 Å². The van der Waals surface area contributed by atoms with Gasteiger partial charge in [0.15, 0.2) is 0 Å². The third kappa shape index (κ3) is 3.07. The Morgan fingerprint density at radius 2 is 2.21 bits per heavy atom. The van der Waals surface area contributed by atoms with Crippen molar-refractivity contribution in [1.29, 1.82) is 0 Å². The van der Waals surface area contributed by atoms with Crippen molar-refractivity contribution in [3.63, 3.8) is 0 Å². The van der Waals surface area contributed by atoms with Crippen molar-refractivity contribution in [1.82, 2.24) is 10.3 Å². The molecule has 0 saturated heterocycles. The Hall–Kier alpha value is -0.710. The smallest absolute Gasteiger partial charge is 0.0897 e. The van der Waals surface area contributed by atoms with Crippen LogP contribution in [0.2, 0.25) is 0 Å². The molecule has 1 aliphatic rings. The summed E-state index contributed by atoms with van der Waals surface area (Å²) >= 11 is 3.73. The van der Waals surface area contributed by atoms with Gasteiger partial charge >= 0.3 is 0 Å². The molecule has 0 fully saturated rings. The topological polar surface area (TPSA) is 24.9 Å². The molecule has 4 heteroatoms. The maximum absolute atomic E-state index is 4.50. The van der Waals surface area contributed by atoms with E-state index in [0.29, 0.717) is 6.04 Å². The van der Waals surface area contributed by atoms with Crippen molar-refractivity contribution >= 4 is 22.7 Å². The number of nitrogens with one attached hydrogen (secondary N) is 1. The zero-order valence-corrected chi connectivity index (χ0v) is 13.2. The average molecular weight is 292 g/mol. The van der Waals surface area contributed by atoms with Crippen LogP contribution in [0.5, 0.6) is 0 Å². The van der Waals surface area contributed by atoms with E-state index < -0.39 is 0 Å². The van der Waals surface area contributed by atoms with Crippen LogP contribution in [0.1, 0.15) is 51.8 Å². The normalized spacial score (nSPS) is 16.3. The highest BCUT2D eigenvalue weighted by Crippen LogP contribution is 2.32. The quantitative estimate of drug-likeness (QED) is 0.911. The molecule has 0 spiro atoms. The van der Waals surface area contributed by atoms with Crippen LogP contribution in [0, 0.1) is 6.92 Å². The first kappa shape index (κ1) is 13.3. The van der Waals surface area contributed by atoms with E-state index >= 15 is 0 Å². The van der Waals surface area contributed by atoms with Crippen LogP contribution in [0.3, 0.4) is 0 Å². The van der Waals surface area contributed by atoms with Crippen LogP contribution >= 0.6 is 22.7 Å². The Bertz CT molecular complexity index is 533. The molecule has 2 aromatic heterocycles. The number of rotatable bonds is 4. The zero-order chi connectivity index (χ0) is 13.2. The van der Waals surface area contributed by atoms with Crippen molar-refractivity contribution in [2.75, 3.05) is 0 Å². The molecule has 0 bridgehead atoms. The zero-order valence-electron chi connectivity index (χ0n) is 11.5. The molecule has 0 amide bonds. The Labute approximate surface area is 122 Å². The molecular weight excluding hydrogens is 272 g/mol. The monoisotopic (exact) mass is 292 g/mol. The molecule has 2 aromatic rings. The van der Waals surface area contributed by atoms with Gasteiger partial charge in [-0.25, -0.2) is 4.98 Å². The van der Waals surface area contributed by atoms with Crippen LogP contribution in [-0.4, -0.2) is 4.98 Å². The third-order valence-corrected chi connectivity index (χ3v) is 5.94. The molecule has 0 saturated carbocycles. The summed E-state index contributed by atoms with van der Waals surface area (Å²) in [6.07, 6.45) is 5.30. The molecule has 1 N–H and O–H groups in total. The summed E-state index contributed by atoms with van der Waals surface area (Å²) in [4.78, 5) is 7.61. The number of aromatic nitrogens is 1. The van der Waals surface area contributed by atoms with Crippen LogP contribution < -0.4 is 5.32 Å². The highest BCUT2D eigenvalue weighted by molar-refractivity contribution is 7.12. The van der Waals surface area contributed by atoms with Gasteiger partial charge in [-0.2, -0.15) is 0 Å². The largest absolute Gasteiger partial charge is 0.304 e. The predicted molar refractivity (Wildman–Crippen MR) is 83.1 cm³/mol. The highest BCUT2D eigenvalue weighted by Gasteiger charge is 2.16. The van der Waals surface area contributed by atoms with Gasteiger partial charge in [-0.3, -0.25) is 0 Å². The lowest BCUT2D eigenvalue weighted by atomic mass is 9.99. The molecule has 1 atom stereocenters. The standard InChI is InChI=1S/C15H20N2S2/c1-10(16-8-13-9-18-11(2)17-13)15-7-12-5-3-4-6-14(12)19-15/h7,9-10,16H,3-6,8H2,1-2H3. The van der Waals surface area contributed by atoms with E-state index in [1.807, 2.05) is 11.3 Å². The number of hydrogen-bond donors (Lipinski definition) is 1. The van der Waals surface area contributed by atoms with Gasteiger partial charge in [0.05, 0.1) is 10.7 Å². The van der Waals surface area contributed by atoms with Gasteiger partial charge in [0.1, 0.15) is 0 Å². The van der Waals surface area contributed by atoms with Gasteiger partial charge in [-0.15, -0.1) is 22.7 Å². The summed E-state index contributed by atoms with van der Waals surface area (Å²) in [5.41, 5.74) is 2.76. The lowest BCUT2D eigenvalue weighted by Crippen LogP contribution is -2.17. The molecule has 0 aromatic carbocycles. The number of nitrogens with zero attached hydrogens (tertiary/aromatic N) is 1. The van der Waals surface area contributed by atoms with E-state index in [-0.39, 0.29) is 0 Å². The third-order valence-electron chi connectivity index (χ3n) is 3.70. The molecular formula is C15H20N2S2. The number of fused-ring (bicyclic) bond motifs is 1. The SMILES string of the molecule is Cc1nc(CNC(C)c2cc3c(s2)CCCC3)cs1. The van der Waals surface area contributed by atoms with E-state index in [9.17, 15) is 0 Å². The minimum atomic E-state index is 0.428. The van der Waals surface area contributed by atoms with Gasteiger partial charge in [0.2, 0.25) is 0 Å². The van der Waals surface area contributed by atoms with E-state index in [1.165, 1.54) is 30.6 Å². The summed E-state index contributed by atoms with van der Waals surface area (Å²) in [5, 5.41) is 6.89. The molecule has 102 valence electrons. The first-order valence-corrected chi connectivity index (χ1v) is 8.68. The highest BCUT2D eigenvalue weighted by atomic mass is 32.1. The van der Waals surface area contributed by atoms with Crippen LogP contribution in [-0.2, 0) is 19.4 Å². The minimum absolute atomic E-state index is 0.428. The first-order valence-electron chi connectivity index (χ1n) is 6.98. The Kier molecular flexibility index (Phi) is 4.01. The molecule has 2 heterocycles. The molecule has 3 rings (SSSR count). The summed E-state index contributed by atoms with van der Waals surface area (Å²) < 4.78 is 0. The molecule has 2 nitrogen and oxygen atoms in total. The Morgan fingerprint density at radius 3 is 2.95 bits per heavy atom. The van der Waals surface area contributed by atoms with E-state index in [2.05, 4.69) is 35.6 Å². The number of aryl methyl sites for hydroxylation is 3. The Morgan fingerprint density at radius 1 is 1.37 bits per heavy atom. The molecule has 1 unspecified atom stereocenters. The van der Waals surface area contributed by atoms with Crippen molar-refractivity contribution in [3.05, 3.63) is 37.5 Å². The number of thiazole rings is 1. The summed E-state index contributed by atoms with van der Waals surface area (Å²) in [6, 6.07) is 2.85. The maximum atomic E-state index is 4.50. The maximum Gasteiger partial charge on any atom is 0.0897 e. The van der Waals surface area contributed by atoms with Gasteiger partial charge in [-0.05, 0) is 51.2 Å². The van der Waals surface area contributed by atoms with Gasteiger partial charge in [0.25, 0.3) is 0 Å². The predicted octanol–water partition coefficient (Wildman–Crippen LogP) is 4.24. The number of thiophene rings is 1. The van der Waals surface area contributed by atoms with Crippen LogP contribution in [0.25, 0.3) is 0 Å². The molecule has 19 heavy (non-hydrogen) atoms. The lowest BCUT2D eigenvalue weighted by Gasteiger charge is -2.10. The molecule has 1 aliphatic carbocycles. The fourth-order valence-electron chi connectivity index (χ4n) is 2.57. The summed E-state index contributed by atoms with van der Waals surface area (Å²) in [5.74, 6) is 0. The summed E-state index contributed by atoms with van der Waals surface area (Å²) in [7, 11) is 0. The van der Waals surface area contributed by atoms with Crippen molar-refractivity contribution < 1.29 is 0 Å². The van der Waals surface area contributed by atoms with Gasteiger partial charge in [-0.1, -0.05) is 0 Å². The van der Waals surface area contributed by atoms with E-state index in [1.54, 1.807) is 21.8 Å². The van der Waals surface area contributed by atoms with Crippen molar-refractivity contribution in [2.24, 2.45) is 0 Å². The molecule has 0 radical (unpaired) electrons. The number of hydrogen-bond acceptors (Lipinski definition) is 4. The fourth-order valence-corrected chi connectivity index (χ4v) is 4.47. The second kappa shape index (κ2) is 5.73. The van der Waals surface area contributed by atoms with E-state index in [4.69, 9.17) is 0 Å². The van der Waals surface area contributed by atoms with Crippen molar-refractivity contribution in [2.45, 2.75) is 52.1 Å². The second-order valence-electron chi connectivity index (χ2n) is 5.26. The van der Waals surface area contributed by atoms with Gasteiger partial charge < -0.3 is 5.32 Å².